The van der Waals surface area contributed by atoms with E-state index < -0.39 is 0 Å². The molecule has 0 spiro atoms. The molecule has 0 atom stereocenters. The lowest BCUT2D eigenvalue weighted by atomic mass is 10.1. The summed E-state index contributed by atoms with van der Waals surface area (Å²) in [6.45, 7) is 4.25. The predicted octanol–water partition coefficient (Wildman–Crippen LogP) is 4.26. The summed E-state index contributed by atoms with van der Waals surface area (Å²) >= 11 is 11.9. The van der Waals surface area contributed by atoms with Crippen LogP contribution < -0.4 is 10.5 Å². The minimum atomic E-state index is 0.361. The largest absolute Gasteiger partial charge is 0.437 e. The molecule has 2 aromatic rings. The van der Waals surface area contributed by atoms with Crippen LogP contribution in [0.1, 0.15) is 16.8 Å². The van der Waals surface area contributed by atoms with Crippen LogP contribution in [0.4, 0.5) is 0 Å². The smallest absolute Gasteiger partial charge is 0.224 e. The molecule has 0 saturated carbocycles. The molecule has 2 rings (SSSR count). The summed E-state index contributed by atoms with van der Waals surface area (Å²) in [7, 11) is 0. The second kappa shape index (κ2) is 5.78. The van der Waals surface area contributed by atoms with Crippen LogP contribution in [0.5, 0.6) is 11.6 Å². The molecule has 0 saturated heterocycles. The maximum absolute atomic E-state index is 6.09. The number of benzene rings is 1. The van der Waals surface area contributed by atoms with Gasteiger partial charge in [-0.1, -0.05) is 23.2 Å². The zero-order valence-corrected chi connectivity index (χ0v) is 12.2. The van der Waals surface area contributed by atoms with E-state index in [0.29, 0.717) is 28.2 Å². The summed E-state index contributed by atoms with van der Waals surface area (Å²) in [4.78, 5) is 4.37. The van der Waals surface area contributed by atoms with Gasteiger partial charge in [0.2, 0.25) is 5.88 Å². The standard InChI is InChI=1S/C14H14Cl2N2O/c1-8-5-9(2)18-14(11(8)7-17)19-13-4-3-10(15)6-12(13)16/h3-6H,7,17H2,1-2H3. The van der Waals surface area contributed by atoms with Crippen molar-refractivity contribution in [1.82, 2.24) is 4.98 Å². The monoisotopic (exact) mass is 296 g/mol. The molecule has 1 heterocycles. The van der Waals surface area contributed by atoms with Crippen LogP contribution in [-0.2, 0) is 6.54 Å². The molecule has 0 aliphatic heterocycles. The number of halogens is 2. The van der Waals surface area contributed by atoms with E-state index in [-0.39, 0.29) is 0 Å². The van der Waals surface area contributed by atoms with Crippen molar-refractivity contribution in [3.05, 3.63) is 51.1 Å². The van der Waals surface area contributed by atoms with E-state index in [0.717, 1.165) is 16.8 Å². The van der Waals surface area contributed by atoms with Gasteiger partial charge in [-0.25, -0.2) is 4.98 Å². The van der Waals surface area contributed by atoms with E-state index in [9.17, 15) is 0 Å². The molecule has 0 bridgehead atoms. The molecule has 0 amide bonds. The van der Waals surface area contributed by atoms with Crippen LogP contribution in [0, 0.1) is 13.8 Å². The summed E-state index contributed by atoms with van der Waals surface area (Å²) in [5, 5.41) is 1.00. The maximum Gasteiger partial charge on any atom is 0.224 e. The van der Waals surface area contributed by atoms with E-state index in [2.05, 4.69) is 4.98 Å². The SMILES string of the molecule is Cc1cc(C)c(CN)c(Oc2ccc(Cl)cc2Cl)n1. The fourth-order valence-corrected chi connectivity index (χ4v) is 2.27. The van der Waals surface area contributed by atoms with Crippen molar-refractivity contribution in [2.24, 2.45) is 5.73 Å². The summed E-state index contributed by atoms with van der Waals surface area (Å²) in [5.41, 5.74) is 8.54. The number of aryl methyl sites for hydroxylation is 2. The highest BCUT2D eigenvalue weighted by Gasteiger charge is 2.12. The van der Waals surface area contributed by atoms with Crippen LogP contribution >= 0.6 is 23.2 Å². The number of ether oxygens (including phenoxy) is 1. The van der Waals surface area contributed by atoms with Crippen LogP contribution in [-0.4, -0.2) is 4.98 Å². The van der Waals surface area contributed by atoms with Crippen molar-refractivity contribution in [2.45, 2.75) is 20.4 Å². The zero-order valence-electron chi connectivity index (χ0n) is 10.7. The second-order valence-electron chi connectivity index (χ2n) is 4.25. The normalized spacial score (nSPS) is 10.6. The number of rotatable bonds is 3. The number of nitrogens with two attached hydrogens (primary N) is 1. The van der Waals surface area contributed by atoms with Gasteiger partial charge in [0.05, 0.1) is 5.02 Å². The van der Waals surface area contributed by atoms with Gasteiger partial charge in [0.25, 0.3) is 0 Å². The summed E-state index contributed by atoms with van der Waals surface area (Å²) in [5.74, 6) is 1.00. The van der Waals surface area contributed by atoms with E-state index in [1.165, 1.54) is 0 Å². The van der Waals surface area contributed by atoms with Crippen LogP contribution in [0.25, 0.3) is 0 Å². The molecular formula is C14H14Cl2N2O. The molecule has 0 radical (unpaired) electrons. The van der Waals surface area contributed by atoms with Gasteiger partial charge in [-0.3, -0.25) is 0 Å². The molecule has 0 unspecified atom stereocenters. The van der Waals surface area contributed by atoms with E-state index in [1.807, 2.05) is 19.9 Å². The Morgan fingerprint density at radius 2 is 1.95 bits per heavy atom. The Kier molecular flexibility index (Phi) is 4.30. The first-order chi connectivity index (χ1) is 9.01. The maximum atomic E-state index is 6.09. The Morgan fingerprint density at radius 1 is 1.21 bits per heavy atom. The van der Waals surface area contributed by atoms with Gasteiger partial charge in [-0.05, 0) is 43.7 Å². The molecule has 5 heteroatoms. The topological polar surface area (TPSA) is 48.1 Å². The van der Waals surface area contributed by atoms with Crippen molar-refractivity contribution < 1.29 is 4.74 Å². The third kappa shape index (κ3) is 3.18. The van der Waals surface area contributed by atoms with Gasteiger partial charge in [-0.2, -0.15) is 0 Å². The molecule has 100 valence electrons. The average Bonchev–Trinajstić information content (AvgIpc) is 2.32. The van der Waals surface area contributed by atoms with E-state index in [1.54, 1.807) is 18.2 Å². The molecule has 19 heavy (non-hydrogen) atoms. The average molecular weight is 297 g/mol. The van der Waals surface area contributed by atoms with Gasteiger partial charge in [0.15, 0.2) is 0 Å². The Morgan fingerprint density at radius 3 is 2.58 bits per heavy atom. The zero-order chi connectivity index (χ0) is 14.0. The van der Waals surface area contributed by atoms with Crippen molar-refractivity contribution in [3.8, 4) is 11.6 Å². The van der Waals surface area contributed by atoms with Crippen LogP contribution in [0.2, 0.25) is 10.0 Å². The summed E-state index contributed by atoms with van der Waals surface area (Å²) in [6.07, 6.45) is 0. The molecule has 3 nitrogen and oxygen atoms in total. The fourth-order valence-electron chi connectivity index (χ4n) is 1.82. The summed E-state index contributed by atoms with van der Waals surface area (Å²) in [6, 6.07) is 7.03. The second-order valence-corrected chi connectivity index (χ2v) is 5.09. The lowest BCUT2D eigenvalue weighted by molar-refractivity contribution is 0.454. The first kappa shape index (κ1) is 14.1. The first-order valence-electron chi connectivity index (χ1n) is 5.81. The molecule has 0 aliphatic carbocycles. The number of aromatic nitrogens is 1. The minimum absolute atomic E-state index is 0.361. The highest BCUT2D eigenvalue weighted by Crippen LogP contribution is 2.33. The van der Waals surface area contributed by atoms with Crippen LogP contribution in [0.3, 0.4) is 0 Å². The predicted molar refractivity (Wildman–Crippen MR) is 78.1 cm³/mol. The number of pyridine rings is 1. The molecule has 1 aromatic heterocycles. The number of nitrogens with zero attached hydrogens (tertiary/aromatic N) is 1. The van der Waals surface area contributed by atoms with Crippen molar-refractivity contribution >= 4 is 23.2 Å². The molecule has 0 fully saturated rings. The molecule has 2 N–H and O–H groups in total. The molecular weight excluding hydrogens is 283 g/mol. The Labute approximate surface area is 122 Å². The van der Waals surface area contributed by atoms with Crippen LogP contribution in [0.15, 0.2) is 24.3 Å². The summed E-state index contributed by atoms with van der Waals surface area (Å²) < 4.78 is 5.77. The lowest BCUT2D eigenvalue weighted by Gasteiger charge is -2.13. The van der Waals surface area contributed by atoms with Gasteiger partial charge in [0, 0.05) is 22.8 Å². The van der Waals surface area contributed by atoms with Crippen molar-refractivity contribution in [3.63, 3.8) is 0 Å². The van der Waals surface area contributed by atoms with Crippen molar-refractivity contribution in [2.75, 3.05) is 0 Å². The quantitative estimate of drug-likeness (QED) is 0.921. The Balaban J connectivity index is 2.42. The number of hydrogen-bond donors (Lipinski definition) is 1. The van der Waals surface area contributed by atoms with Gasteiger partial charge in [-0.15, -0.1) is 0 Å². The van der Waals surface area contributed by atoms with E-state index in [4.69, 9.17) is 33.7 Å². The fraction of sp³-hybridized carbons (Fsp3) is 0.214. The highest BCUT2D eigenvalue weighted by molar-refractivity contribution is 6.35. The van der Waals surface area contributed by atoms with Gasteiger partial charge in [0.1, 0.15) is 5.75 Å². The third-order valence-corrected chi connectivity index (χ3v) is 3.27. The lowest BCUT2D eigenvalue weighted by Crippen LogP contribution is -2.05. The van der Waals surface area contributed by atoms with Crippen molar-refractivity contribution in [1.29, 1.82) is 0 Å². The Hall–Kier alpha value is -1.29. The first-order valence-corrected chi connectivity index (χ1v) is 6.57. The molecule has 1 aromatic carbocycles. The van der Waals surface area contributed by atoms with Gasteiger partial charge < -0.3 is 10.5 Å². The highest BCUT2D eigenvalue weighted by atomic mass is 35.5. The Bertz CT molecular complexity index is 615. The number of hydrogen-bond acceptors (Lipinski definition) is 3. The minimum Gasteiger partial charge on any atom is -0.437 e. The van der Waals surface area contributed by atoms with Gasteiger partial charge >= 0.3 is 0 Å². The third-order valence-electron chi connectivity index (χ3n) is 2.74. The molecule has 0 aliphatic rings. The van der Waals surface area contributed by atoms with E-state index >= 15 is 0 Å².